The summed E-state index contributed by atoms with van der Waals surface area (Å²) < 4.78 is 5.61. The molecule has 8 heteroatoms. The predicted octanol–water partition coefficient (Wildman–Crippen LogP) is 1.39. The van der Waals surface area contributed by atoms with Gasteiger partial charge in [0, 0.05) is 24.9 Å². The molecule has 5 N–H and O–H groups in total. The van der Waals surface area contributed by atoms with E-state index >= 15 is 0 Å². The second kappa shape index (κ2) is 13.1. The van der Waals surface area contributed by atoms with E-state index in [-0.39, 0.29) is 12.5 Å². The molecule has 0 aromatic heterocycles. The summed E-state index contributed by atoms with van der Waals surface area (Å²) in [5.41, 5.74) is 2.58. The van der Waals surface area contributed by atoms with Crippen LogP contribution in [0.3, 0.4) is 0 Å². The number of piperidine rings is 2. The van der Waals surface area contributed by atoms with E-state index in [2.05, 4.69) is 71.3 Å². The Morgan fingerprint density at radius 1 is 1.19 bits per heavy atom. The average Bonchev–Trinajstić information content (AvgIpc) is 2.82. The SMILES string of the molecule is CCOCCNC1=C([C@H](C)CC)NC(N(C)C2CCN(C)CC2)NC1NC1CCCCN1. The van der Waals surface area contributed by atoms with Gasteiger partial charge in [-0.3, -0.25) is 15.5 Å². The van der Waals surface area contributed by atoms with Crippen molar-refractivity contribution in [3.05, 3.63) is 11.4 Å². The molecule has 0 aliphatic carbocycles. The summed E-state index contributed by atoms with van der Waals surface area (Å²) in [7, 11) is 4.51. The highest BCUT2D eigenvalue weighted by atomic mass is 16.5. The molecule has 3 unspecified atom stereocenters. The minimum Gasteiger partial charge on any atom is -0.382 e. The fraction of sp³-hybridized carbons (Fsp3) is 0.917. The van der Waals surface area contributed by atoms with E-state index in [9.17, 15) is 0 Å². The lowest BCUT2D eigenvalue weighted by Crippen LogP contribution is -2.69. The molecule has 0 amide bonds. The normalized spacial score (nSPS) is 29.2. The van der Waals surface area contributed by atoms with Gasteiger partial charge >= 0.3 is 0 Å². The molecule has 2 fully saturated rings. The molecule has 0 radical (unpaired) electrons. The van der Waals surface area contributed by atoms with E-state index in [4.69, 9.17) is 4.74 Å². The quantitative estimate of drug-likeness (QED) is 0.302. The molecule has 4 atom stereocenters. The fourth-order valence-electron chi connectivity index (χ4n) is 5.03. The maximum Gasteiger partial charge on any atom is 0.136 e. The standard InChI is InChI=1S/C24H49N7O/c1-6-18(3)21-22(26-14-17-32-7-2)23(27-20-10-8-9-13-25-20)29-24(28-21)31(5)19-11-15-30(4)16-12-19/h18-20,23-29H,6-17H2,1-5H3/t18-,20?,23?,24?/m1/s1. The van der Waals surface area contributed by atoms with Crippen LogP contribution < -0.4 is 26.6 Å². The van der Waals surface area contributed by atoms with Crippen LogP contribution in [0, 0.1) is 5.92 Å². The van der Waals surface area contributed by atoms with Crippen LogP contribution in [0.5, 0.6) is 0 Å². The Kier molecular flexibility index (Phi) is 10.5. The van der Waals surface area contributed by atoms with Gasteiger partial charge in [0.2, 0.25) is 0 Å². The molecule has 3 heterocycles. The molecule has 3 aliphatic heterocycles. The van der Waals surface area contributed by atoms with Crippen LogP contribution in [-0.2, 0) is 4.74 Å². The molecule has 0 aromatic carbocycles. The molecule has 2 saturated heterocycles. The molecule has 0 aromatic rings. The number of rotatable bonds is 11. The number of hydrogen-bond acceptors (Lipinski definition) is 8. The predicted molar refractivity (Wildman–Crippen MR) is 132 cm³/mol. The van der Waals surface area contributed by atoms with Crippen molar-refractivity contribution in [2.24, 2.45) is 5.92 Å². The maximum atomic E-state index is 5.61. The van der Waals surface area contributed by atoms with Gasteiger partial charge in [0.05, 0.1) is 18.5 Å². The van der Waals surface area contributed by atoms with Crippen LogP contribution in [0.15, 0.2) is 11.4 Å². The number of allylic oxidation sites excluding steroid dienone is 1. The summed E-state index contributed by atoms with van der Waals surface area (Å²) in [5, 5.41) is 19.1. The molecular weight excluding hydrogens is 402 g/mol. The third-order valence-corrected chi connectivity index (χ3v) is 7.42. The van der Waals surface area contributed by atoms with Crippen LogP contribution in [0.4, 0.5) is 0 Å². The number of nitrogens with zero attached hydrogens (tertiary/aromatic N) is 2. The summed E-state index contributed by atoms with van der Waals surface area (Å²) in [6.45, 7) is 12.4. The largest absolute Gasteiger partial charge is 0.382 e. The molecule has 8 nitrogen and oxygen atoms in total. The van der Waals surface area contributed by atoms with Gasteiger partial charge in [-0.15, -0.1) is 0 Å². The minimum atomic E-state index is 0.0798. The zero-order valence-corrected chi connectivity index (χ0v) is 21.2. The second-order valence-electron chi connectivity index (χ2n) is 9.78. The summed E-state index contributed by atoms with van der Waals surface area (Å²) in [6, 6.07) is 0.593. The summed E-state index contributed by atoms with van der Waals surface area (Å²) in [6.07, 6.45) is 7.81. The Bertz CT molecular complexity index is 573. The van der Waals surface area contributed by atoms with Crippen molar-refractivity contribution in [2.45, 2.75) is 84.0 Å². The van der Waals surface area contributed by atoms with Crippen LogP contribution in [-0.4, -0.2) is 88.0 Å². The van der Waals surface area contributed by atoms with Gasteiger partial charge in [-0.25, -0.2) is 0 Å². The van der Waals surface area contributed by atoms with Crippen LogP contribution >= 0.6 is 0 Å². The van der Waals surface area contributed by atoms with Crippen molar-refractivity contribution < 1.29 is 4.74 Å². The first-order chi connectivity index (χ1) is 15.5. The van der Waals surface area contributed by atoms with Crippen molar-refractivity contribution in [2.75, 3.05) is 53.5 Å². The van der Waals surface area contributed by atoms with Gasteiger partial charge in [-0.2, -0.15) is 0 Å². The minimum absolute atomic E-state index is 0.0798. The lowest BCUT2D eigenvalue weighted by molar-refractivity contribution is 0.0596. The van der Waals surface area contributed by atoms with Crippen LogP contribution in [0.2, 0.25) is 0 Å². The first kappa shape index (κ1) is 25.7. The van der Waals surface area contributed by atoms with Gasteiger partial charge in [0.15, 0.2) is 0 Å². The van der Waals surface area contributed by atoms with E-state index in [1.165, 1.54) is 56.6 Å². The lowest BCUT2D eigenvalue weighted by atomic mass is 9.98. The maximum absolute atomic E-state index is 5.61. The monoisotopic (exact) mass is 451 g/mol. The van der Waals surface area contributed by atoms with E-state index in [1.807, 2.05) is 0 Å². The molecular formula is C24H49N7O. The number of nitrogens with one attached hydrogen (secondary N) is 5. The van der Waals surface area contributed by atoms with E-state index in [1.54, 1.807) is 0 Å². The zero-order valence-electron chi connectivity index (χ0n) is 21.2. The van der Waals surface area contributed by atoms with Gasteiger partial charge < -0.3 is 25.6 Å². The Morgan fingerprint density at radius 3 is 2.62 bits per heavy atom. The lowest BCUT2D eigenvalue weighted by Gasteiger charge is -2.46. The van der Waals surface area contributed by atoms with Crippen molar-refractivity contribution in [3.63, 3.8) is 0 Å². The number of likely N-dealkylation sites (tertiary alicyclic amines) is 1. The Balaban J connectivity index is 1.78. The van der Waals surface area contributed by atoms with E-state index in [0.717, 1.165) is 32.7 Å². The van der Waals surface area contributed by atoms with Gasteiger partial charge in [0.1, 0.15) is 12.5 Å². The zero-order chi connectivity index (χ0) is 22.9. The third kappa shape index (κ3) is 7.05. The Labute approximate surface area is 196 Å². The molecule has 3 aliphatic rings. The van der Waals surface area contributed by atoms with Crippen LogP contribution in [0.1, 0.15) is 59.3 Å². The van der Waals surface area contributed by atoms with Gasteiger partial charge in [0.25, 0.3) is 0 Å². The summed E-state index contributed by atoms with van der Waals surface area (Å²) >= 11 is 0. The van der Waals surface area contributed by atoms with Crippen molar-refractivity contribution >= 4 is 0 Å². The molecule has 0 spiro atoms. The van der Waals surface area contributed by atoms with Crippen molar-refractivity contribution in [1.29, 1.82) is 0 Å². The highest BCUT2D eigenvalue weighted by molar-refractivity contribution is 5.23. The van der Waals surface area contributed by atoms with E-state index in [0.29, 0.717) is 18.1 Å². The topological polar surface area (TPSA) is 75.9 Å². The molecule has 32 heavy (non-hydrogen) atoms. The van der Waals surface area contributed by atoms with Crippen molar-refractivity contribution in [1.82, 2.24) is 36.4 Å². The molecule has 3 rings (SSSR count). The highest BCUT2D eigenvalue weighted by Gasteiger charge is 2.35. The highest BCUT2D eigenvalue weighted by Crippen LogP contribution is 2.24. The van der Waals surface area contributed by atoms with Gasteiger partial charge in [-0.05, 0) is 85.1 Å². The molecule has 0 saturated carbocycles. The Hall–Kier alpha value is -0.900. The number of hydrogen-bond donors (Lipinski definition) is 5. The summed E-state index contributed by atoms with van der Waals surface area (Å²) in [4.78, 5) is 4.96. The number of ether oxygens (including phenoxy) is 1. The average molecular weight is 452 g/mol. The Morgan fingerprint density at radius 2 is 1.97 bits per heavy atom. The second-order valence-corrected chi connectivity index (χ2v) is 9.78. The van der Waals surface area contributed by atoms with Gasteiger partial charge in [-0.1, -0.05) is 13.8 Å². The first-order valence-electron chi connectivity index (χ1n) is 13.0. The first-order valence-corrected chi connectivity index (χ1v) is 13.0. The smallest absolute Gasteiger partial charge is 0.136 e. The molecule has 0 bridgehead atoms. The third-order valence-electron chi connectivity index (χ3n) is 7.42. The summed E-state index contributed by atoms with van der Waals surface area (Å²) in [5.74, 6) is 0.462. The van der Waals surface area contributed by atoms with Crippen LogP contribution in [0.25, 0.3) is 0 Å². The fourth-order valence-corrected chi connectivity index (χ4v) is 5.03. The van der Waals surface area contributed by atoms with E-state index < -0.39 is 0 Å². The molecule has 186 valence electrons. The van der Waals surface area contributed by atoms with Crippen molar-refractivity contribution in [3.8, 4) is 0 Å².